The van der Waals surface area contributed by atoms with Crippen molar-refractivity contribution in [2.24, 2.45) is 23.7 Å². The van der Waals surface area contributed by atoms with Gasteiger partial charge in [0.25, 0.3) is 0 Å². The molecule has 6 rings (SSSR count). The molecule has 1 saturated heterocycles. The Kier molecular flexibility index (Phi) is 4.39. The number of hydrogen-bond acceptors (Lipinski definition) is 2. The second-order valence-corrected chi connectivity index (χ2v) is 9.69. The lowest BCUT2D eigenvalue weighted by molar-refractivity contribution is -0.123. The van der Waals surface area contributed by atoms with Crippen LogP contribution >= 0.6 is 22.6 Å². The second kappa shape index (κ2) is 7.16. The van der Waals surface area contributed by atoms with Crippen LogP contribution in [-0.2, 0) is 9.59 Å². The van der Waals surface area contributed by atoms with Crippen molar-refractivity contribution in [1.29, 1.82) is 0 Å². The van der Waals surface area contributed by atoms with Gasteiger partial charge in [0, 0.05) is 3.57 Å². The van der Waals surface area contributed by atoms with Crippen LogP contribution in [0.4, 0.5) is 5.69 Å². The highest BCUT2D eigenvalue weighted by molar-refractivity contribution is 14.1. The van der Waals surface area contributed by atoms with Crippen LogP contribution in [-0.4, -0.2) is 11.8 Å². The molecule has 0 radical (unpaired) electrons. The Balaban J connectivity index is 1.51. The van der Waals surface area contributed by atoms with E-state index in [1.54, 1.807) is 0 Å². The van der Waals surface area contributed by atoms with Crippen LogP contribution in [0.2, 0.25) is 0 Å². The summed E-state index contributed by atoms with van der Waals surface area (Å²) in [6.45, 7) is 0. The van der Waals surface area contributed by atoms with Crippen molar-refractivity contribution in [3.8, 4) is 0 Å². The number of benzene rings is 3. The fourth-order valence-corrected chi connectivity index (χ4v) is 6.59. The van der Waals surface area contributed by atoms with Gasteiger partial charge < -0.3 is 0 Å². The van der Waals surface area contributed by atoms with E-state index >= 15 is 0 Å². The molecule has 1 saturated carbocycles. The third-order valence-corrected chi connectivity index (χ3v) is 7.98. The minimum absolute atomic E-state index is 0.0350. The summed E-state index contributed by atoms with van der Waals surface area (Å²) in [7, 11) is 0. The van der Waals surface area contributed by atoms with Crippen LogP contribution in [0.25, 0.3) is 11.1 Å². The summed E-state index contributed by atoms with van der Waals surface area (Å²) < 4.78 is 0.925. The third kappa shape index (κ3) is 2.70. The Morgan fingerprint density at radius 3 is 1.58 bits per heavy atom. The molecule has 3 aromatic rings. The van der Waals surface area contributed by atoms with Crippen LogP contribution in [0.15, 0.2) is 84.9 Å². The lowest BCUT2D eigenvalue weighted by Gasteiger charge is -2.27. The molecule has 2 amide bonds. The number of nitrogens with zero attached hydrogens (tertiary/aromatic N) is 1. The Morgan fingerprint density at radius 2 is 1.10 bits per heavy atom. The minimum atomic E-state index is -0.267. The average molecular weight is 517 g/mol. The van der Waals surface area contributed by atoms with Gasteiger partial charge in [0.1, 0.15) is 0 Å². The quantitative estimate of drug-likeness (QED) is 0.332. The molecule has 2 fully saturated rings. The molecular weight excluding hydrogens is 497 g/mol. The first-order valence-corrected chi connectivity index (χ1v) is 11.7. The lowest BCUT2D eigenvalue weighted by Crippen LogP contribution is -2.33. The topological polar surface area (TPSA) is 37.4 Å². The van der Waals surface area contributed by atoms with Crippen molar-refractivity contribution in [1.82, 2.24) is 0 Å². The van der Waals surface area contributed by atoms with Gasteiger partial charge in [-0.25, -0.2) is 4.90 Å². The number of hydrogen-bond donors (Lipinski definition) is 0. The molecule has 152 valence electrons. The van der Waals surface area contributed by atoms with Crippen LogP contribution in [0.5, 0.6) is 0 Å². The zero-order valence-corrected chi connectivity index (χ0v) is 18.9. The van der Waals surface area contributed by atoms with Crippen molar-refractivity contribution in [3.63, 3.8) is 0 Å². The third-order valence-electron chi connectivity index (χ3n) is 7.07. The number of fused-ring (bicyclic) bond motifs is 5. The lowest BCUT2D eigenvalue weighted by atomic mass is 9.73. The highest BCUT2D eigenvalue weighted by Gasteiger charge is 2.64. The normalized spacial score (nSPS) is 26.7. The fraction of sp³-hybridized carbons (Fsp3) is 0.185. The molecule has 3 aliphatic rings. The van der Waals surface area contributed by atoms with Gasteiger partial charge in [-0.15, -0.1) is 0 Å². The maximum Gasteiger partial charge on any atom is 0.238 e. The molecule has 0 unspecified atom stereocenters. The van der Waals surface area contributed by atoms with E-state index in [9.17, 15) is 9.59 Å². The van der Waals surface area contributed by atoms with Crippen molar-refractivity contribution in [3.05, 3.63) is 99.6 Å². The first-order valence-electron chi connectivity index (χ1n) is 10.6. The van der Waals surface area contributed by atoms with Crippen LogP contribution in [0.1, 0.15) is 17.5 Å². The first-order chi connectivity index (χ1) is 15.2. The van der Waals surface area contributed by atoms with Crippen molar-refractivity contribution in [2.45, 2.75) is 6.42 Å². The molecule has 3 aromatic carbocycles. The highest BCUT2D eigenvalue weighted by Crippen LogP contribution is 2.64. The largest absolute Gasteiger partial charge is 0.274 e. The predicted octanol–water partition coefficient (Wildman–Crippen LogP) is 5.66. The molecule has 3 nitrogen and oxygen atoms in total. The van der Waals surface area contributed by atoms with Crippen LogP contribution in [0.3, 0.4) is 0 Å². The molecule has 1 heterocycles. The Bertz CT molecular complexity index is 1160. The number of anilines is 1. The van der Waals surface area contributed by atoms with E-state index in [2.05, 4.69) is 71.1 Å². The van der Waals surface area contributed by atoms with E-state index in [4.69, 9.17) is 0 Å². The van der Waals surface area contributed by atoms with Gasteiger partial charge in [-0.1, -0.05) is 72.8 Å². The molecule has 0 N–H and O–H groups in total. The highest BCUT2D eigenvalue weighted by atomic mass is 127. The number of para-hydroxylation sites is 1. The number of halogens is 1. The molecule has 31 heavy (non-hydrogen) atoms. The summed E-state index contributed by atoms with van der Waals surface area (Å²) in [5.74, 6) is -0.447. The number of carbonyl (C=O) groups excluding carboxylic acids is 2. The molecular formula is C27H20INO2. The van der Waals surface area contributed by atoms with Gasteiger partial charge >= 0.3 is 0 Å². The molecule has 0 aromatic heterocycles. The van der Waals surface area contributed by atoms with E-state index in [0.717, 1.165) is 15.7 Å². The van der Waals surface area contributed by atoms with E-state index in [-0.39, 0.29) is 35.5 Å². The Labute approximate surface area is 194 Å². The summed E-state index contributed by atoms with van der Waals surface area (Å²) in [5, 5.41) is 0. The number of imide groups is 1. The van der Waals surface area contributed by atoms with Gasteiger partial charge in [0.05, 0.1) is 17.5 Å². The van der Waals surface area contributed by atoms with Crippen LogP contribution in [0, 0.1) is 27.2 Å². The van der Waals surface area contributed by atoms with E-state index in [0.29, 0.717) is 0 Å². The number of amides is 2. The standard InChI is InChI=1S/C27H20INO2/c28-20-13-7-8-14-21(20)29-26(30)24-18-15-19(25(24)27(29)31)23(17-11-5-2-6-12-17)22(18)16-9-3-1-4-10-16/h1-14,18-19,24-25H,15H2/t18-,19-,24-,25+/m0/s1. The van der Waals surface area contributed by atoms with Gasteiger partial charge in [0.2, 0.25) is 11.8 Å². The van der Waals surface area contributed by atoms with E-state index in [1.165, 1.54) is 27.2 Å². The molecule has 0 spiro atoms. The predicted molar refractivity (Wildman–Crippen MR) is 130 cm³/mol. The molecule has 2 aliphatic carbocycles. The van der Waals surface area contributed by atoms with Crippen molar-refractivity contribution >= 4 is 51.2 Å². The minimum Gasteiger partial charge on any atom is -0.274 e. The van der Waals surface area contributed by atoms with Gasteiger partial charge in [-0.3, -0.25) is 9.59 Å². The first kappa shape index (κ1) is 19.0. The summed E-state index contributed by atoms with van der Waals surface area (Å²) in [6, 6.07) is 28.4. The smallest absolute Gasteiger partial charge is 0.238 e. The number of allylic oxidation sites excluding steroid dienone is 2. The fourth-order valence-electron chi connectivity index (χ4n) is 5.96. The van der Waals surface area contributed by atoms with Crippen molar-refractivity contribution in [2.75, 3.05) is 4.90 Å². The average Bonchev–Trinajstić information content (AvgIpc) is 3.45. The summed E-state index contributed by atoms with van der Waals surface area (Å²) in [6.07, 6.45) is 0.876. The number of rotatable bonds is 3. The summed E-state index contributed by atoms with van der Waals surface area (Å²) in [5.41, 5.74) is 5.56. The molecule has 2 bridgehead atoms. The van der Waals surface area contributed by atoms with E-state index < -0.39 is 0 Å². The maximum atomic E-state index is 13.6. The monoisotopic (exact) mass is 517 g/mol. The van der Waals surface area contributed by atoms with Crippen molar-refractivity contribution < 1.29 is 9.59 Å². The second-order valence-electron chi connectivity index (χ2n) is 8.52. The van der Waals surface area contributed by atoms with Crippen LogP contribution < -0.4 is 4.90 Å². The summed E-state index contributed by atoms with van der Waals surface area (Å²) in [4.78, 5) is 28.7. The molecule has 4 heteroatoms. The van der Waals surface area contributed by atoms with E-state index in [1.807, 2.05) is 36.4 Å². The molecule has 1 aliphatic heterocycles. The molecule has 4 atom stereocenters. The maximum absolute atomic E-state index is 13.6. The zero-order chi connectivity index (χ0) is 21.1. The summed E-state index contributed by atoms with van der Waals surface area (Å²) >= 11 is 2.21. The SMILES string of the molecule is O=C1[C@@H]2[C@H](C(=O)N1c1ccccc1I)[C@H]1C[C@H]2C(c2ccccc2)=C1c1ccccc1. The zero-order valence-electron chi connectivity index (χ0n) is 16.7. The number of carbonyl (C=O) groups is 2. The van der Waals surface area contributed by atoms with Gasteiger partial charge in [-0.05, 0) is 75.3 Å². The Morgan fingerprint density at radius 1 is 0.645 bits per heavy atom. The van der Waals surface area contributed by atoms with Gasteiger partial charge in [0.15, 0.2) is 0 Å². The van der Waals surface area contributed by atoms with Gasteiger partial charge in [-0.2, -0.15) is 0 Å². The Hall–Kier alpha value is -2.73.